The van der Waals surface area contributed by atoms with Crippen molar-refractivity contribution < 1.29 is 0 Å². The van der Waals surface area contributed by atoms with Crippen LogP contribution in [0.5, 0.6) is 0 Å². The van der Waals surface area contributed by atoms with Gasteiger partial charge in [0.05, 0.1) is 28.4 Å². The molecule has 0 N–H and O–H groups in total. The maximum Gasteiger partial charge on any atom is 0.231 e. The normalized spacial score (nSPS) is 11.0. The lowest BCUT2D eigenvalue weighted by atomic mass is 10.1. The van der Waals surface area contributed by atoms with Gasteiger partial charge in [-0.05, 0) is 42.8 Å². The quantitative estimate of drug-likeness (QED) is 0.589. The number of benzene rings is 2. The van der Waals surface area contributed by atoms with Gasteiger partial charge in [0.2, 0.25) is 5.13 Å². The van der Waals surface area contributed by atoms with Crippen LogP contribution >= 0.6 is 11.3 Å². The molecule has 0 atom stereocenters. The average Bonchev–Trinajstić information content (AvgIpc) is 3.01. The molecule has 120 valence electrons. The van der Waals surface area contributed by atoms with Crippen molar-refractivity contribution in [3.05, 3.63) is 48.0 Å². The zero-order valence-corrected chi connectivity index (χ0v) is 14.4. The third kappa shape index (κ3) is 3.58. The lowest BCUT2D eigenvalue weighted by Crippen LogP contribution is -2.17. The van der Waals surface area contributed by atoms with Gasteiger partial charge in [-0.25, -0.2) is 4.98 Å². The lowest BCUT2D eigenvalue weighted by molar-refractivity contribution is 0.904. The van der Waals surface area contributed by atoms with Crippen LogP contribution in [-0.4, -0.2) is 18.6 Å². The number of nitrogens with zero attached hydrogens (tertiary/aromatic N) is 5. The van der Waals surface area contributed by atoms with E-state index in [4.69, 9.17) is 5.26 Å². The summed E-state index contributed by atoms with van der Waals surface area (Å²) < 4.78 is 1.11. The molecule has 0 aliphatic carbocycles. The Hall–Kier alpha value is -2.78. The highest BCUT2D eigenvalue weighted by atomic mass is 32.1. The predicted molar refractivity (Wildman–Crippen MR) is 98.5 cm³/mol. The van der Waals surface area contributed by atoms with Crippen LogP contribution in [0.2, 0.25) is 0 Å². The molecule has 1 aromatic heterocycles. The third-order valence-corrected chi connectivity index (χ3v) is 4.63. The van der Waals surface area contributed by atoms with Crippen molar-refractivity contribution in [2.24, 2.45) is 10.2 Å². The van der Waals surface area contributed by atoms with Crippen LogP contribution in [-0.2, 0) is 0 Å². The Morgan fingerprint density at radius 2 is 2.04 bits per heavy atom. The van der Waals surface area contributed by atoms with Gasteiger partial charge in [-0.15, -0.1) is 10.2 Å². The zero-order chi connectivity index (χ0) is 16.9. The van der Waals surface area contributed by atoms with Crippen molar-refractivity contribution in [3.8, 4) is 6.07 Å². The SMILES string of the molecule is Cc1cc(N(C)CCC#N)ccc1N=Nc1nc2ccccc2s1. The van der Waals surface area contributed by atoms with Crippen molar-refractivity contribution >= 4 is 38.1 Å². The molecule has 0 saturated carbocycles. The fraction of sp³-hybridized carbons (Fsp3) is 0.222. The first-order valence-corrected chi connectivity index (χ1v) is 8.45. The number of azo groups is 1. The van der Waals surface area contributed by atoms with E-state index in [1.54, 1.807) is 0 Å². The Balaban J connectivity index is 1.78. The van der Waals surface area contributed by atoms with Crippen LogP contribution in [0.4, 0.5) is 16.5 Å². The molecular formula is C18H17N5S. The molecule has 5 nitrogen and oxygen atoms in total. The summed E-state index contributed by atoms with van der Waals surface area (Å²) in [5.41, 5.74) is 3.89. The number of nitriles is 1. The molecule has 2 aromatic carbocycles. The smallest absolute Gasteiger partial charge is 0.231 e. The first-order chi connectivity index (χ1) is 11.7. The van der Waals surface area contributed by atoms with Gasteiger partial charge in [-0.1, -0.05) is 23.5 Å². The Morgan fingerprint density at radius 1 is 1.21 bits per heavy atom. The van der Waals surface area contributed by atoms with Gasteiger partial charge in [0.25, 0.3) is 0 Å². The summed E-state index contributed by atoms with van der Waals surface area (Å²) in [4.78, 5) is 6.52. The van der Waals surface area contributed by atoms with Crippen LogP contribution in [0, 0.1) is 18.3 Å². The van der Waals surface area contributed by atoms with E-state index in [1.807, 2.05) is 50.4 Å². The number of fused-ring (bicyclic) bond motifs is 1. The van der Waals surface area contributed by atoms with E-state index in [0.717, 1.165) is 27.2 Å². The second-order valence-electron chi connectivity index (χ2n) is 5.46. The van der Waals surface area contributed by atoms with Crippen LogP contribution < -0.4 is 4.90 Å². The molecule has 0 spiro atoms. The number of hydrogen-bond acceptors (Lipinski definition) is 6. The molecular weight excluding hydrogens is 318 g/mol. The third-order valence-electron chi connectivity index (χ3n) is 3.71. The highest BCUT2D eigenvalue weighted by Crippen LogP contribution is 2.30. The first-order valence-electron chi connectivity index (χ1n) is 7.63. The number of anilines is 1. The number of thiazole rings is 1. The molecule has 0 amide bonds. The minimum Gasteiger partial charge on any atom is -0.374 e. The highest BCUT2D eigenvalue weighted by molar-refractivity contribution is 7.21. The summed E-state index contributed by atoms with van der Waals surface area (Å²) in [5.74, 6) is 0. The molecule has 0 aliphatic rings. The summed E-state index contributed by atoms with van der Waals surface area (Å²) in [6.07, 6.45) is 0.509. The maximum absolute atomic E-state index is 8.68. The predicted octanol–water partition coefficient (Wildman–Crippen LogP) is 5.37. The maximum atomic E-state index is 8.68. The first kappa shape index (κ1) is 16.1. The van der Waals surface area contributed by atoms with E-state index in [2.05, 4.69) is 32.2 Å². The Morgan fingerprint density at radius 3 is 2.79 bits per heavy atom. The summed E-state index contributed by atoms with van der Waals surface area (Å²) in [5, 5.41) is 18.0. The number of para-hydroxylation sites is 1. The van der Waals surface area contributed by atoms with E-state index in [-0.39, 0.29) is 0 Å². The minimum atomic E-state index is 0.509. The van der Waals surface area contributed by atoms with Crippen LogP contribution in [0.15, 0.2) is 52.7 Å². The zero-order valence-electron chi connectivity index (χ0n) is 13.6. The number of aryl methyl sites for hydroxylation is 1. The standard InChI is InChI=1S/C18H17N5S/c1-13-12-14(23(2)11-5-10-19)8-9-15(13)21-22-18-20-16-6-3-4-7-17(16)24-18/h3-4,6-9,12H,5,11H2,1-2H3. The number of aromatic nitrogens is 1. The summed E-state index contributed by atoms with van der Waals surface area (Å²) in [6.45, 7) is 2.72. The van der Waals surface area contributed by atoms with Crippen molar-refractivity contribution in [2.75, 3.05) is 18.5 Å². The molecule has 6 heteroatoms. The second-order valence-corrected chi connectivity index (χ2v) is 6.47. The second kappa shape index (κ2) is 7.20. The molecule has 0 aliphatic heterocycles. The van der Waals surface area contributed by atoms with Crippen molar-refractivity contribution in [1.29, 1.82) is 5.26 Å². The number of rotatable bonds is 5. The fourth-order valence-corrected chi connectivity index (χ4v) is 3.12. The molecule has 1 heterocycles. The van der Waals surface area contributed by atoms with Crippen LogP contribution in [0.1, 0.15) is 12.0 Å². The van der Waals surface area contributed by atoms with Crippen molar-refractivity contribution in [2.45, 2.75) is 13.3 Å². The van der Waals surface area contributed by atoms with E-state index in [0.29, 0.717) is 18.1 Å². The van der Waals surface area contributed by atoms with Gasteiger partial charge in [-0.3, -0.25) is 0 Å². The van der Waals surface area contributed by atoms with E-state index < -0.39 is 0 Å². The van der Waals surface area contributed by atoms with E-state index in [9.17, 15) is 0 Å². The topological polar surface area (TPSA) is 64.6 Å². The van der Waals surface area contributed by atoms with E-state index >= 15 is 0 Å². The molecule has 3 rings (SSSR count). The van der Waals surface area contributed by atoms with Gasteiger partial charge in [-0.2, -0.15) is 5.26 Å². The van der Waals surface area contributed by atoms with Crippen LogP contribution in [0.3, 0.4) is 0 Å². The summed E-state index contributed by atoms with van der Waals surface area (Å²) >= 11 is 1.53. The monoisotopic (exact) mass is 335 g/mol. The highest BCUT2D eigenvalue weighted by Gasteiger charge is 2.05. The Labute approximate surface area is 144 Å². The van der Waals surface area contributed by atoms with Gasteiger partial charge >= 0.3 is 0 Å². The molecule has 3 aromatic rings. The summed E-state index contributed by atoms with van der Waals surface area (Å²) in [6, 6.07) is 16.1. The minimum absolute atomic E-state index is 0.509. The Bertz CT molecular complexity index is 890. The molecule has 0 saturated heterocycles. The van der Waals surface area contributed by atoms with Crippen molar-refractivity contribution in [3.63, 3.8) is 0 Å². The van der Waals surface area contributed by atoms with Gasteiger partial charge in [0.1, 0.15) is 0 Å². The largest absolute Gasteiger partial charge is 0.374 e. The molecule has 0 radical (unpaired) electrons. The van der Waals surface area contributed by atoms with Crippen molar-refractivity contribution in [1.82, 2.24) is 4.98 Å². The fourth-order valence-electron chi connectivity index (χ4n) is 2.34. The van der Waals surface area contributed by atoms with Gasteiger partial charge in [0.15, 0.2) is 0 Å². The molecule has 0 bridgehead atoms. The van der Waals surface area contributed by atoms with Gasteiger partial charge < -0.3 is 4.90 Å². The Kier molecular flexibility index (Phi) is 4.82. The van der Waals surface area contributed by atoms with Crippen LogP contribution in [0.25, 0.3) is 10.2 Å². The molecule has 0 unspecified atom stereocenters. The lowest BCUT2D eigenvalue weighted by Gasteiger charge is -2.18. The summed E-state index contributed by atoms with van der Waals surface area (Å²) in [7, 11) is 1.98. The molecule has 24 heavy (non-hydrogen) atoms. The molecule has 0 fully saturated rings. The average molecular weight is 335 g/mol. The van der Waals surface area contributed by atoms with Gasteiger partial charge in [0, 0.05) is 19.3 Å². The number of hydrogen-bond donors (Lipinski definition) is 0. The van der Waals surface area contributed by atoms with E-state index in [1.165, 1.54) is 11.3 Å².